The van der Waals surface area contributed by atoms with E-state index in [2.05, 4.69) is 24.8 Å². The Morgan fingerprint density at radius 2 is 1.56 bits per heavy atom. The van der Waals surface area contributed by atoms with Crippen LogP contribution in [0.4, 0.5) is 0 Å². The zero-order chi connectivity index (χ0) is 25.1. The summed E-state index contributed by atoms with van der Waals surface area (Å²) in [6.45, 7) is 4.87. The molecule has 0 aliphatic heterocycles. The number of hydrogen-bond donors (Lipinski definition) is 1. The highest BCUT2D eigenvalue weighted by Gasteiger charge is 2.17. The van der Waals surface area contributed by atoms with Gasteiger partial charge in [-0.1, -0.05) is 73.3 Å². The van der Waals surface area contributed by atoms with Gasteiger partial charge in [-0.05, 0) is 52.7 Å². The standard InChI is InChI=1S/C31H26O5/c1-20(2)31(33)35-19-25(32)18-34-30-27-12-6-5-10-23(27)16-24-11-7-13-28(29(24)30)36-26-15-14-21-8-3-4-9-22(21)17-26/h3-17,25,32H,1,18-19H2,2H3. The Bertz CT molecular complexity index is 1590. The van der Waals surface area contributed by atoms with Crippen molar-refractivity contribution in [3.8, 4) is 17.2 Å². The fourth-order valence-electron chi connectivity index (χ4n) is 4.16. The zero-order valence-electron chi connectivity index (χ0n) is 19.9. The first kappa shape index (κ1) is 23.4. The van der Waals surface area contributed by atoms with E-state index < -0.39 is 12.1 Å². The van der Waals surface area contributed by atoms with Gasteiger partial charge in [0.1, 0.15) is 36.6 Å². The van der Waals surface area contributed by atoms with Crippen molar-refractivity contribution in [1.82, 2.24) is 0 Å². The van der Waals surface area contributed by atoms with Crippen LogP contribution in [-0.4, -0.2) is 30.4 Å². The molecule has 0 saturated heterocycles. The van der Waals surface area contributed by atoms with Crippen LogP contribution in [0.25, 0.3) is 32.3 Å². The molecule has 0 bridgehead atoms. The molecule has 0 saturated carbocycles. The molecular formula is C31H26O5. The lowest BCUT2D eigenvalue weighted by atomic mass is 10.0. The summed E-state index contributed by atoms with van der Waals surface area (Å²) in [6, 6.07) is 30.0. The Kier molecular flexibility index (Phi) is 6.56. The molecule has 1 N–H and O–H groups in total. The third kappa shape index (κ3) is 4.88. The van der Waals surface area contributed by atoms with Gasteiger partial charge in [-0.2, -0.15) is 0 Å². The Labute approximate surface area is 209 Å². The van der Waals surface area contributed by atoms with Crippen molar-refractivity contribution in [2.75, 3.05) is 13.2 Å². The van der Waals surface area contributed by atoms with Gasteiger partial charge in [0.2, 0.25) is 0 Å². The fourth-order valence-corrected chi connectivity index (χ4v) is 4.16. The summed E-state index contributed by atoms with van der Waals surface area (Å²) in [5.74, 6) is 1.42. The SMILES string of the molecule is C=C(C)C(=O)OCC(O)COc1c2ccccc2cc2cccc(Oc3ccc4ccccc4c3)c12. The van der Waals surface area contributed by atoms with E-state index in [0.717, 1.165) is 32.3 Å². The van der Waals surface area contributed by atoms with Gasteiger partial charge in [-0.25, -0.2) is 4.79 Å². The first-order chi connectivity index (χ1) is 17.5. The maximum absolute atomic E-state index is 11.7. The number of rotatable bonds is 8. The number of aliphatic hydroxyl groups is 1. The molecule has 1 unspecified atom stereocenters. The number of benzene rings is 5. The van der Waals surface area contributed by atoms with Crippen LogP contribution >= 0.6 is 0 Å². The molecule has 5 nitrogen and oxygen atoms in total. The van der Waals surface area contributed by atoms with Gasteiger partial charge >= 0.3 is 5.97 Å². The number of esters is 1. The van der Waals surface area contributed by atoms with E-state index in [0.29, 0.717) is 17.2 Å². The predicted octanol–water partition coefficient (Wildman–Crippen LogP) is 6.80. The molecule has 0 radical (unpaired) electrons. The molecule has 36 heavy (non-hydrogen) atoms. The maximum atomic E-state index is 11.7. The molecular weight excluding hydrogens is 452 g/mol. The van der Waals surface area contributed by atoms with Crippen molar-refractivity contribution in [3.63, 3.8) is 0 Å². The minimum absolute atomic E-state index is 0.0586. The van der Waals surface area contributed by atoms with Gasteiger partial charge in [0.05, 0.1) is 5.39 Å². The van der Waals surface area contributed by atoms with Crippen molar-refractivity contribution in [3.05, 3.63) is 103 Å². The van der Waals surface area contributed by atoms with E-state index in [1.807, 2.05) is 72.8 Å². The second kappa shape index (κ2) is 10.1. The van der Waals surface area contributed by atoms with Crippen molar-refractivity contribution in [2.24, 2.45) is 0 Å². The number of fused-ring (bicyclic) bond motifs is 3. The van der Waals surface area contributed by atoms with Gasteiger partial charge in [-0.3, -0.25) is 0 Å². The Morgan fingerprint density at radius 1 is 0.833 bits per heavy atom. The van der Waals surface area contributed by atoms with E-state index >= 15 is 0 Å². The highest BCUT2D eigenvalue weighted by atomic mass is 16.5. The molecule has 5 aromatic carbocycles. The van der Waals surface area contributed by atoms with Crippen molar-refractivity contribution in [2.45, 2.75) is 13.0 Å². The summed E-state index contributed by atoms with van der Waals surface area (Å²) in [5, 5.41) is 16.3. The molecule has 0 amide bonds. The zero-order valence-corrected chi connectivity index (χ0v) is 19.9. The van der Waals surface area contributed by atoms with Gasteiger partial charge in [-0.15, -0.1) is 0 Å². The van der Waals surface area contributed by atoms with Crippen LogP contribution in [-0.2, 0) is 9.53 Å². The first-order valence-corrected chi connectivity index (χ1v) is 11.7. The molecule has 5 aromatic rings. The van der Waals surface area contributed by atoms with Crippen LogP contribution in [0.3, 0.4) is 0 Å². The van der Waals surface area contributed by atoms with Gasteiger partial charge < -0.3 is 19.3 Å². The van der Waals surface area contributed by atoms with E-state index in [9.17, 15) is 9.90 Å². The molecule has 0 spiro atoms. The van der Waals surface area contributed by atoms with E-state index in [1.165, 1.54) is 0 Å². The van der Waals surface area contributed by atoms with Crippen LogP contribution in [0.2, 0.25) is 0 Å². The topological polar surface area (TPSA) is 65.0 Å². The number of ether oxygens (including phenoxy) is 3. The summed E-state index contributed by atoms with van der Waals surface area (Å²) in [5.41, 5.74) is 0.277. The highest BCUT2D eigenvalue weighted by molar-refractivity contribution is 6.08. The van der Waals surface area contributed by atoms with Gasteiger partial charge in [0, 0.05) is 11.0 Å². The van der Waals surface area contributed by atoms with E-state index in [-0.39, 0.29) is 18.8 Å². The third-order valence-electron chi connectivity index (χ3n) is 5.93. The minimum Gasteiger partial charge on any atom is -0.489 e. The molecule has 5 rings (SSSR count). The number of hydrogen-bond acceptors (Lipinski definition) is 5. The second-order valence-electron chi connectivity index (χ2n) is 8.74. The monoisotopic (exact) mass is 478 g/mol. The van der Waals surface area contributed by atoms with E-state index in [4.69, 9.17) is 14.2 Å². The first-order valence-electron chi connectivity index (χ1n) is 11.7. The molecule has 0 aliphatic rings. The summed E-state index contributed by atoms with van der Waals surface area (Å²) in [7, 11) is 0. The summed E-state index contributed by atoms with van der Waals surface area (Å²) < 4.78 is 17.6. The predicted molar refractivity (Wildman–Crippen MR) is 143 cm³/mol. The third-order valence-corrected chi connectivity index (χ3v) is 5.93. The van der Waals surface area contributed by atoms with Gasteiger partial charge in [0.25, 0.3) is 0 Å². The van der Waals surface area contributed by atoms with Crippen molar-refractivity contribution in [1.29, 1.82) is 0 Å². The van der Waals surface area contributed by atoms with Crippen LogP contribution < -0.4 is 9.47 Å². The van der Waals surface area contributed by atoms with Crippen LogP contribution in [0.1, 0.15) is 6.92 Å². The van der Waals surface area contributed by atoms with E-state index in [1.54, 1.807) is 6.92 Å². The molecule has 0 aromatic heterocycles. The normalized spacial score (nSPS) is 11.9. The second-order valence-corrected chi connectivity index (χ2v) is 8.74. The molecule has 5 heteroatoms. The Balaban J connectivity index is 1.51. The summed E-state index contributed by atoms with van der Waals surface area (Å²) in [6.07, 6.45) is -1.00. The quantitative estimate of drug-likeness (QED) is 0.151. The lowest BCUT2D eigenvalue weighted by Crippen LogP contribution is -2.25. The molecule has 180 valence electrons. The fraction of sp³-hybridized carbons (Fsp3) is 0.129. The summed E-state index contributed by atoms with van der Waals surface area (Å²) in [4.78, 5) is 11.7. The van der Waals surface area contributed by atoms with Crippen molar-refractivity contribution < 1.29 is 24.1 Å². The lowest BCUT2D eigenvalue weighted by Gasteiger charge is -2.18. The molecule has 1 atom stereocenters. The smallest absolute Gasteiger partial charge is 0.333 e. The van der Waals surface area contributed by atoms with Crippen molar-refractivity contribution >= 4 is 38.3 Å². The largest absolute Gasteiger partial charge is 0.489 e. The van der Waals surface area contributed by atoms with Crippen LogP contribution in [0.5, 0.6) is 17.2 Å². The van der Waals surface area contributed by atoms with Crippen LogP contribution in [0.15, 0.2) is 103 Å². The average Bonchev–Trinajstić information content (AvgIpc) is 2.89. The molecule has 0 heterocycles. The average molecular weight is 479 g/mol. The van der Waals surface area contributed by atoms with Gasteiger partial charge in [0.15, 0.2) is 0 Å². The Hall–Kier alpha value is -4.35. The van der Waals surface area contributed by atoms with Crippen LogP contribution in [0, 0.1) is 0 Å². The summed E-state index contributed by atoms with van der Waals surface area (Å²) >= 11 is 0. The maximum Gasteiger partial charge on any atom is 0.333 e. The lowest BCUT2D eigenvalue weighted by molar-refractivity contribution is -0.142. The number of aliphatic hydroxyl groups excluding tert-OH is 1. The highest BCUT2D eigenvalue weighted by Crippen LogP contribution is 2.42. The number of carbonyl (C=O) groups excluding carboxylic acids is 1. The minimum atomic E-state index is -1.00. The molecule has 0 aliphatic carbocycles. The number of carbonyl (C=O) groups is 1. The Morgan fingerprint density at radius 3 is 2.36 bits per heavy atom. The molecule has 0 fully saturated rings.